The molecule has 1 heterocycles. The van der Waals surface area contributed by atoms with Crippen LogP contribution in [0.3, 0.4) is 0 Å². The number of allylic oxidation sites excluding steroid dienone is 5. The van der Waals surface area contributed by atoms with Crippen LogP contribution in [0.25, 0.3) is 0 Å². The van der Waals surface area contributed by atoms with Crippen LogP contribution in [0, 0.1) is 51.2 Å². The molecule has 290 valence electrons. The fraction of sp³-hybridized carbons (Fsp3) is 0.814. The Morgan fingerprint density at radius 3 is 2.25 bits per heavy atom. The highest BCUT2D eigenvalue weighted by molar-refractivity contribution is 7.91. The van der Waals surface area contributed by atoms with Gasteiger partial charge in [-0.05, 0) is 138 Å². The van der Waals surface area contributed by atoms with E-state index >= 15 is 0 Å². The summed E-state index contributed by atoms with van der Waals surface area (Å²) in [7, 11) is -2.90. The van der Waals surface area contributed by atoms with Crippen LogP contribution < -0.4 is 5.32 Å². The lowest BCUT2D eigenvalue weighted by atomic mass is 9.33. The van der Waals surface area contributed by atoms with E-state index in [9.17, 15) is 17.6 Å². The summed E-state index contributed by atoms with van der Waals surface area (Å²) >= 11 is 0. The molecule has 0 aromatic rings. The zero-order valence-electron chi connectivity index (χ0n) is 33.0. The number of Topliss-reactive ketones (excluding diaryl/α,β-unsaturated/α-hetero) is 1. The molecule has 0 amide bonds. The van der Waals surface area contributed by atoms with E-state index in [-0.39, 0.29) is 63.4 Å². The van der Waals surface area contributed by atoms with E-state index in [0.29, 0.717) is 43.0 Å². The van der Waals surface area contributed by atoms with Gasteiger partial charge in [-0.25, -0.2) is 8.42 Å². The van der Waals surface area contributed by atoms with E-state index in [4.69, 9.17) is 9.59 Å². The Morgan fingerprint density at radius 2 is 1.63 bits per heavy atom. The minimum Gasteiger partial charge on any atom is -0.306 e. The Morgan fingerprint density at radius 1 is 0.942 bits per heavy atom. The van der Waals surface area contributed by atoms with E-state index in [0.717, 1.165) is 63.6 Å². The second-order valence-corrected chi connectivity index (χ2v) is 21.7. The third-order valence-corrected chi connectivity index (χ3v) is 18.0. The molecule has 6 aliphatic carbocycles. The van der Waals surface area contributed by atoms with Gasteiger partial charge in [-0.1, -0.05) is 60.6 Å². The molecule has 8 atom stereocenters. The maximum Gasteiger partial charge on any atom is 0.373 e. The average molecular weight is 741 g/mol. The fourth-order valence-corrected chi connectivity index (χ4v) is 15.0. The van der Waals surface area contributed by atoms with Crippen LogP contribution in [0.15, 0.2) is 34.4 Å². The number of carbonyl (C=O) groups excluding carboxylic acids is 3. The molecule has 7 rings (SSSR count). The number of rotatable bonds is 7. The Bertz CT molecular complexity index is 1640. The summed E-state index contributed by atoms with van der Waals surface area (Å²) in [5.74, 6) is 2.98. The van der Waals surface area contributed by atoms with Crippen LogP contribution in [0.2, 0.25) is 0 Å². The second-order valence-electron chi connectivity index (χ2n) is 19.3. The van der Waals surface area contributed by atoms with Crippen molar-refractivity contribution in [1.29, 1.82) is 0 Å². The molecule has 7 nitrogen and oxygen atoms in total. The monoisotopic (exact) mass is 740 g/mol. The molecular formula is C43H65FN2O5S. The van der Waals surface area contributed by atoms with Gasteiger partial charge in [0.05, 0.1) is 18.2 Å². The molecule has 0 aromatic carbocycles. The maximum absolute atomic E-state index is 14.0. The lowest BCUT2D eigenvalue weighted by Crippen LogP contribution is -2.66. The van der Waals surface area contributed by atoms with Crippen molar-refractivity contribution in [2.45, 2.75) is 125 Å². The van der Waals surface area contributed by atoms with Gasteiger partial charge in [-0.3, -0.25) is 9.18 Å². The van der Waals surface area contributed by atoms with Crippen LogP contribution in [0.5, 0.6) is 0 Å². The Hall–Kier alpha value is -1.93. The number of carbonyl (C=O) groups is 1. The van der Waals surface area contributed by atoms with Gasteiger partial charge in [0.1, 0.15) is 0 Å². The van der Waals surface area contributed by atoms with Crippen molar-refractivity contribution in [3.8, 4) is 0 Å². The highest BCUT2D eigenvalue weighted by Gasteiger charge is 2.69. The fourth-order valence-electron chi connectivity index (χ4n) is 13.7. The molecule has 3 saturated carbocycles. The molecular weight excluding hydrogens is 676 g/mol. The van der Waals surface area contributed by atoms with Crippen LogP contribution in [0.4, 0.5) is 4.39 Å². The van der Waals surface area contributed by atoms with E-state index in [1.165, 1.54) is 30.4 Å². The number of ketones is 1. The molecule has 0 unspecified atom stereocenters. The predicted molar refractivity (Wildman–Crippen MR) is 203 cm³/mol. The van der Waals surface area contributed by atoms with E-state index in [1.807, 2.05) is 0 Å². The molecule has 1 aliphatic heterocycles. The van der Waals surface area contributed by atoms with Crippen molar-refractivity contribution in [1.82, 2.24) is 10.2 Å². The number of halogens is 1. The molecule has 0 radical (unpaired) electrons. The predicted octanol–water partition coefficient (Wildman–Crippen LogP) is 7.69. The van der Waals surface area contributed by atoms with Gasteiger partial charge in [0.15, 0.2) is 15.6 Å². The SMILES string of the molecule is CC(C)C1=C2[C@H]3CC[C@@H]4[C@@]5(C)CC=C(C6=CC[C@H](CF)CC6)C(C)(C)[C@@H]5CC[C@@]4(C)[C@]3(C)CC[C@@]2(NCCN2CCS(=O)(=O)CC2)CC1=O.O=C=O. The summed E-state index contributed by atoms with van der Waals surface area (Å²) in [5, 5.41) is 4.02. The number of sulfone groups is 1. The number of nitrogens with one attached hydrogen (secondary N) is 1. The number of alkyl halides is 1. The lowest BCUT2D eigenvalue weighted by Gasteiger charge is -2.71. The molecule has 1 saturated heterocycles. The third kappa shape index (κ3) is 6.39. The zero-order chi connectivity index (χ0) is 37.9. The van der Waals surface area contributed by atoms with Crippen molar-refractivity contribution in [3.05, 3.63) is 34.4 Å². The highest BCUT2D eigenvalue weighted by Crippen LogP contribution is 2.76. The highest BCUT2D eigenvalue weighted by atomic mass is 32.2. The normalized spacial score (nSPS) is 41.0. The summed E-state index contributed by atoms with van der Waals surface area (Å²) in [5.41, 5.74) is 6.08. The molecule has 0 spiro atoms. The van der Waals surface area contributed by atoms with Crippen LogP contribution >= 0.6 is 0 Å². The van der Waals surface area contributed by atoms with E-state index in [2.05, 4.69) is 70.8 Å². The van der Waals surface area contributed by atoms with Gasteiger partial charge in [-0.15, -0.1) is 0 Å². The van der Waals surface area contributed by atoms with Crippen LogP contribution in [-0.2, 0) is 24.2 Å². The van der Waals surface area contributed by atoms with Crippen molar-refractivity contribution in [2.24, 2.45) is 51.2 Å². The second kappa shape index (κ2) is 14.3. The van der Waals surface area contributed by atoms with Crippen molar-refractivity contribution in [2.75, 3.05) is 44.4 Å². The minimum absolute atomic E-state index is 0.107. The quantitative estimate of drug-likeness (QED) is 0.286. The van der Waals surface area contributed by atoms with Crippen LogP contribution in [0.1, 0.15) is 119 Å². The first kappa shape index (κ1) is 39.8. The first-order valence-electron chi connectivity index (χ1n) is 20.3. The Balaban J connectivity index is 0.00000150. The average Bonchev–Trinajstić information content (AvgIpc) is 3.38. The topological polar surface area (TPSA) is 101 Å². The minimum atomic E-state index is -2.90. The van der Waals surface area contributed by atoms with Gasteiger partial charge >= 0.3 is 6.15 Å². The van der Waals surface area contributed by atoms with Gasteiger partial charge in [-0.2, -0.15) is 9.59 Å². The molecule has 9 heteroatoms. The van der Waals surface area contributed by atoms with Crippen molar-refractivity contribution < 1.29 is 27.2 Å². The van der Waals surface area contributed by atoms with Crippen molar-refractivity contribution >= 4 is 21.8 Å². The molecule has 0 bridgehead atoms. The van der Waals surface area contributed by atoms with E-state index < -0.39 is 9.84 Å². The molecule has 52 heavy (non-hydrogen) atoms. The summed E-state index contributed by atoms with van der Waals surface area (Å²) in [4.78, 5) is 32.5. The smallest absolute Gasteiger partial charge is 0.306 e. The first-order valence-corrected chi connectivity index (χ1v) is 22.2. The van der Waals surface area contributed by atoms with Crippen LogP contribution in [-0.4, -0.2) is 75.2 Å². The number of hydrogen-bond donors (Lipinski definition) is 1. The zero-order valence-corrected chi connectivity index (χ0v) is 33.9. The Kier molecular flexibility index (Phi) is 10.9. The van der Waals surface area contributed by atoms with E-state index in [1.54, 1.807) is 5.57 Å². The van der Waals surface area contributed by atoms with Gasteiger partial charge in [0, 0.05) is 38.1 Å². The molecule has 7 aliphatic rings. The largest absolute Gasteiger partial charge is 0.373 e. The number of fused-ring (bicyclic) bond motifs is 7. The number of hydrogen-bond acceptors (Lipinski definition) is 7. The van der Waals surface area contributed by atoms with Gasteiger partial charge in [0.2, 0.25) is 0 Å². The summed E-state index contributed by atoms with van der Waals surface area (Å²) in [6.07, 6.45) is 16.9. The standard InChI is InChI=1S/C42H65FN2O3S.CO2/c1-28(2)36-33(46)26-42(44-20-21-45-22-24-49(47,48)25-23-45)19-18-40(6)32(37(36)42)12-13-35-39(5)16-14-31(30-10-8-29(27-43)9-11-30)38(3,4)34(39)15-17-41(35,40)7;2-1-3/h10,14,28-29,32,34-35,44H,8-9,11-13,15-27H2,1-7H3;/t29-,32+,34-,35+,39-,40+,41+,42+;/m0./s1. The number of nitrogens with zero attached hydrogens (tertiary/aromatic N) is 1. The molecule has 0 aromatic heterocycles. The first-order chi connectivity index (χ1) is 24.4. The van der Waals surface area contributed by atoms with Gasteiger partial charge in [0.25, 0.3) is 0 Å². The maximum atomic E-state index is 14.0. The Labute approximate surface area is 313 Å². The third-order valence-electron chi connectivity index (χ3n) is 16.4. The van der Waals surface area contributed by atoms with Gasteiger partial charge < -0.3 is 10.2 Å². The summed E-state index contributed by atoms with van der Waals surface area (Å²) in [6, 6.07) is 0. The summed E-state index contributed by atoms with van der Waals surface area (Å²) in [6.45, 7) is 20.1. The lowest BCUT2D eigenvalue weighted by molar-refractivity contribution is -0.196. The van der Waals surface area contributed by atoms with Crippen molar-refractivity contribution in [3.63, 3.8) is 0 Å². The molecule has 1 N–H and O–H groups in total. The molecule has 4 fully saturated rings. The summed E-state index contributed by atoms with van der Waals surface area (Å²) < 4.78 is 37.5.